The normalized spacial score (nSPS) is 13.6. The smallest absolute Gasteiger partial charge is 0.321 e. The molecule has 3 N–H and O–H groups in total. The first-order valence-corrected chi connectivity index (χ1v) is 6.85. The maximum absolute atomic E-state index is 12.8. The molecule has 0 aliphatic heterocycles. The number of halogens is 1. The molecule has 1 aromatic carbocycles. The van der Waals surface area contributed by atoms with Crippen LogP contribution in [0.4, 0.5) is 14.3 Å². The second kappa shape index (κ2) is 6.44. The van der Waals surface area contributed by atoms with Gasteiger partial charge in [-0.15, -0.1) is 11.3 Å². The van der Waals surface area contributed by atoms with Crippen molar-refractivity contribution in [2.75, 3.05) is 5.32 Å². The molecular weight excluding hydrogens is 281 g/mol. The Hall–Kier alpha value is -1.99. The standard InChI is InChI=1S/C13H14FN3O2S/c1-8(11(18)9-2-4-10(14)5-3-9)16-12(19)17-13-15-6-7-20-13/h2-8,11,18H,1H3,(H2,15,16,17,19)/t8-,11+/m0/s1. The number of rotatable bonds is 4. The van der Waals surface area contributed by atoms with E-state index in [4.69, 9.17) is 0 Å². The molecule has 0 aliphatic rings. The van der Waals surface area contributed by atoms with Gasteiger partial charge in [-0.3, -0.25) is 5.32 Å². The van der Waals surface area contributed by atoms with Crippen molar-refractivity contribution in [3.05, 3.63) is 47.2 Å². The van der Waals surface area contributed by atoms with Crippen LogP contribution in [0.3, 0.4) is 0 Å². The lowest BCUT2D eigenvalue weighted by Gasteiger charge is -2.20. The van der Waals surface area contributed by atoms with E-state index in [1.165, 1.54) is 35.6 Å². The van der Waals surface area contributed by atoms with Crippen molar-refractivity contribution >= 4 is 22.5 Å². The van der Waals surface area contributed by atoms with Crippen molar-refractivity contribution in [3.8, 4) is 0 Å². The van der Waals surface area contributed by atoms with Crippen LogP contribution >= 0.6 is 11.3 Å². The number of urea groups is 1. The molecule has 0 unspecified atom stereocenters. The highest BCUT2D eigenvalue weighted by Gasteiger charge is 2.18. The fourth-order valence-electron chi connectivity index (χ4n) is 1.65. The molecule has 2 amide bonds. The molecule has 0 saturated carbocycles. The molecule has 0 radical (unpaired) electrons. The summed E-state index contributed by atoms with van der Waals surface area (Å²) in [5.41, 5.74) is 0.536. The largest absolute Gasteiger partial charge is 0.386 e. The lowest BCUT2D eigenvalue weighted by molar-refractivity contribution is 0.139. The van der Waals surface area contributed by atoms with Gasteiger partial charge in [0.1, 0.15) is 5.82 Å². The summed E-state index contributed by atoms with van der Waals surface area (Å²) in [6, 6.07) is 4.52. The number of amides is 2. The second-order valence-corrected chi connectivity index (χ2v) is 5.12. The second-order valence-electron chi connectivity index (χ2n) is 4.22. The van der Waals surface area contributed by atoms with E-state index < -0.39 is 18.2 Å². The number of carbonyl (C=O) groups excluding carboxylic acids is 1. The SMILES string of the molecule is C[C@H](NC(=O)Nc1nccs1)[C@@H](O)c1ccc(F)cc1. The topological polar surface area (TPSA) is 74.2 Å². The summed E-state index contributed by atoms with van der Waals surface area (Å²) in [5.74, 6) is -0.372. The van der Waals surface area contributed by atoms with E-state index in [0.29, 0.717) is 10.7 Å². The van der Waals surface area contributed by atoms with Crippen LogP contribution in [0, 0.1) is 5.82 Å². The third kappa shape index (κ3) is 3.75. The number of benzene rings is 1. The number of aromatic nitrogens is 1. The van der Waals surface area contributed by atoms with Crippen LogP contribution in [-0.4, -0.2) is 22.2 Å². The van der Waals surface area contributed by atoms with Crippen LogP contribution in [0.2, 0.25) is 0 Å². The van der Waals surface area contributed by atoms with E-state index >= 15 is 0 Å². The van der Waals surface area contributed by atoms with Gasteiger partial charge in [0.25, 0.3) is 0 Å². The van der Waals surface area contributed by atoms with Gasteiger partial charge >= 0.3 is 6.03 Å². The Morgan fingerprint density at radius 2 is 2.10 bits per heavy atom. The number of aliphatic hydroxyl groups excluding tert-OH is 1. The summed E-state index contributed by atoms with van der Waals surface area (Å²) in [6.45, 7) is 1.66. The maximum Gasteiger partial charge on any atom is 0.321 e. The molecule has 1 aromatic heterocycles. The number of hydrogen-bond acceptors (Lipinski definition) is 4. The summed E-state index contributed by atoms with van der Waals surface area (Å²) in [5, 5.41) is 17.5. The van der Waals surface area contributed by atoms with Gasteiger partial charge in [0.15, 0.2) is 5.13 Å². The fourth-order valence-corrected chi connectivity index (χ4v) is 2.18. The molecule has 1 heterocycles. The van der Waals surface area contributed by atoms with E-state index in [-0.39, 0.29) is 5.82 Å². The molecule has 106 valence electrons. The van der Waals surface area contributed by atoms with Gasteiger partial charge in [0.05, 0.1) is 12.1 Å². The zero-order valence-corrected chi connectivity index (χ0v) is 11.5. The average molecular weight is 295 g/mol. The Balaban J connectivity index is 1.91. The highest BCUT2D eigenvalue weighted by molar-refractivity contribution is 7.13. The molecular formula is C13H14FN3O2S. The monoisotopic (exact) mass is 295 g/mol. The zero-order chi connectivity index (χ0) is 14.5. The number of nitrogens with zero attached hydrogens (tertiary/aromatic N) is 1. The summed E-state index contributed by atoms with van der Waals surface area (Å²) >= 11 is 1.30. The van der Waals surface area contributed by atoms with Crippen LogP contribution in [0.15, 0.2) is 35.8 Å². The maximum atomic E-state index is 12.8. The molecule has 0 spiro atoms. The first-order chi connectivity index (χ1) is 9.56. The third-order valence-corrected chi connectivity index (χ3v) is 3.39. The van der Waals surface area contributed by atoms with E-state index in [9.17, 15) is 14.3 Å². The van der Waals surface area contributed by atoms with Gasteiger partial charge < -0.3 is 10.4 Å². The molecule has 2 atom stereocenters. The molecule has 0 aliphatic carbocycles. The van der Waals surface area contributed by atoms with Crippen molar-refractivity contribution in [1.29, 1.82) is 0 Å². The van der Waals surface area contributed by atoms with Gasteiger partial charge in [-0.1, -0.05) is 12.1 Å². The highest BCUT2D eigenvalue weighted by atomic mass is 32.1. The Labute approximate surface area is 119 Å². The predicted molar refractivity (Wildman–Crippen MR) is 75.1 cm³/mol. The van der Waals surface area contributed by atoms with Gasteiger partial charge in [0.2, 0.25) is 0 Å². The molecule has 2 rings (SSSR count). The number of aliphatic hydroxyl groups is 1. The lowest BCUT2D eigenvalue weighted by atomic mass is 10.0. The van der Waals surface area contributed by atoms with E-state index in [1.807, 2.05) is 0 Å². The van der Waals surface area contributed by atoms with E-state index in [1.54, 1.807) is 18.5 Å². The summed E-state index contributed by atoms with van der Waals surface area (Å²) < 4.78 is 12.8. The van der Waals surface area contributed by atoms with E-state index in [2.05, 4.69) is 15.6 Å². The van der Waals surface area contributed by atoms with Crippen molar-refractivity contribution < 1.29 is 14.3 Å². The molecule has 7 heteroatoms. The third-order valence-electron chi connectivity index (χ3n) is 2.70. The minimum absolute atomic E-state index is 0.372. The summed E-state index contributed by atoms with van der Waals surface area (Å²) in [4.78, 5) is 15.6. The van der Waals surface area contributed by atoms with Gasteiger partial charge in [-0.2, -0.15) is 0 Å². The molecule has 0 saturated heterocycles. The predicted octanol–water partition coefficient (Wildman–Crippen LogP) is 2.53. The fraction of sp³-hybridized carbons (Fsp3) is 0.231. The number of hydrogen-bond donors (Lipinski definition) is 3. The summed E-state index contributed by atoms with van der Waals surface area (Å²) in [7, 11) is 0. The quantitative estimate of drug-likeness (QED) is 0.811. The number of thiazole rings is 1. The molecule has 5 nitrogen and oxygen atoms in total. The van der Waals surface area contributed by atoms with Gasteiger partial charge in [0, 0.05) is 11.6 Å². The Kier molecular flexibility index (Phi) is 4.65. The van der Waals surface area contributed by atoms with Crippen LogP contribution in [0.1, 0.15) is 18.6 Å². The van der Waals surface area contributed by atoms with Gasteiger partial charge in [-0.05, 0) is 24.6 Å². The van der Waals surface area contributed by atoms with Crippen LogP contribution in [0.25, 0.3) is 0 Å². The van der Waals surface area contributed by atoms with Crippen molar-refractivity contribution in [3.63, 3.8) is 0 Å². The Bertz CT molecular complexity index is 560. The minimum atomic E-state index is -0.919. The van der Waals surface area contributed by atoms with Crippen molar-refractivity contribution in [2.45, 2.75) is 19.1 Å². The van der Waals surface area contributed by atoms with Crippen molar-refractivity contribution in [1.82, 2.24) is 10.3 Å². The lowest BCUT2D eigenvalue weighted by Crippen LogP contribution is -2.39. The van der Waals surface area contributed by atoms with E-state index in [0.717, 1.165) is 0 Å². The van der Waals surface area contributed by atoms with Crippen LogP contribution in [0.5, 0.6) is 0 Å². The average Bonchev–Trinajstić information content (AvgIpc) is 2.91. The molecule has 0 bridgehead atoms. The first kappa shape index (κ1) is 14.4. The molecule has 20 heavy (non-hydrogen) atoms. The molecule has 0 fully saturated rings. The van der Waals surface area contributed by atoms with Crippen molar-refractivity contribution in [2.24, 2.45) is 0 Å². The first-order valence-electron chi connectivity index (χ1n) is 5.97. The van der Waals surface area contributed by atoms with Crippen LogP contribution in [-0.2, 0) is 0 Å². The number of anilines is 1. The Morgan fingerprint density at radius 3 is 2.70 bits per heavy atom. The highest BCUT2D eigenvalue weighted by Crippen LogP contribution is 2.17. The van der Waals surface area contributed by atoms with Crippen LogP contribution < -0.4 is 10.6 Å². The summed E-state index contributed by atoms with van der Waals surface area (Å²) in [6.07, 6.45) is 0.662. The number of carbonyl (C=O) groups is 1. The zero-order valence-electron chi connectivity index (χ0n) is 10.7. The van der Waals surface area contributed by atoms with Gasteiger partial charge in [-0.25, -0.2) is 14.2 Å². The minimum Gasteiger partial charge on any atom is -0.386 e. The number of nitrogens with one attached hydrogen (secondary N) is 2. The Morgan fingerprint density at radius 1 is 1.40 bits per heavy atom. The molecule has 2 aromatic rings.